The zero-order valence-corrected chi connectivity index (χ0v) is 9.61. The lowest BCUT2D eigenvalue weighted by atomic mass is 9.74. The van der Waals surface area contributed by atoms with Crippen molar-refractivity contribution >= 4 is 11.9 Å². The van der Waals surface area contributed by atoms with Gasteiger partial charge in [-0.15, -0.1) is 0 Å². The lowest BCUT2D eigenvalue weighted by Gasteiger charge is -2.29. The second kappa shape index (κ2) is 3.75. The number of fused-ring (bicyclic) bond motifs is 2. The summed E-state index contributed by atoms with van der Waals surface area (Å²) in [5.74, 6) is -0.0122. The molecule has 4 unspecified atom stereocenters. The maximum Gasteiger partial charge on any atom is 0.318 e. The van der Waals surface area contributed by atoms with Gasteiger partial charge in [0.05, 0.1) is 0 Å². The third-order valence-electron chi connectivity index (χ3n) is 4.57. The van der Waals surface area contributed by atoms with Gasteiger partial charge in [-0.25, -0.2) is 0 Å². The number of primary amides is 1. The number of amides is 1. The van der Waals surface area contributed by atoms with Crippen LogP contribution in [0, 0.1) is 23.2 Å². The first-order valence-corrected chi connectivity index (χ1v) is 5.97. The van der Waals surface area contributed by atoms with Gasteiger partial charge in [0.15, 0.2) is 0 Å². The van der Waals surface area contributed by atoms with Gasteiger partial charge < -0.3 is 10.8 Å². The second-order valence-corrected chi connectivity index (χ2v) is 5.64. The van der Waals surface area contributed by atoms with Crippen molar-refractivity contribution in [1.29, 1.82) is 0 Å². The molecule has 4 nitrogen and oxygen atoms in total. The molecule has 4 heteroatoms. The highest BCUT2D eigenvalue weighted by Crippen LogP contribution is 2.51. The standard InChI is InChI=1S/C12H19NO3/c1-12(10(13)14,11(15)16)6-9-5-7-2-3-8(9)4-7/h7-9H,2-6H2,1H3,(H2,13,14)(H,15,16). The quantitative estimate of drug-likeness (QED) is 0.709. The van der Waals surface area contributed by atoms with Crippen LogP contribution in [0.15, 0.2) is 0 Å². The fourth-order valence-electron chi connectivity index (χ4n) is 3.44. The Morgan fingerprint density at radius 1 is 1.38 bits per heavy atom. The van der Waals surface area contributed by atoms with Crippen LogP contribution in [-0.4, -0.2) is 17.0 Å². The summed E-state index contributed by atoms with van der Waals surface area (Å²) in [5, 5.41) is 9.13. The molecule has 0 radical (unpaired) electrons. The largest absolute Gasteiger partial charge is 0.480 e. The van der Waals surface area contributed by atoms with Crippen molar-refractivity contribution in [2.24, 2.45) is 28.9 Å². The highest BCUT2D eigenvalue weighted by molar-refractivity contribution is 6.00. The Bertz CT molecular complexity index is 312. The molecule has 0 aliphatic heterocycles. The first-order valence-electron chi connectivity index (χ1n) is 5.97. The lowest BCUT2D eigenvalue weighted by Crippen LogP contribution is -2.43. The van der Waals surface area contributed by atoms with Gasteiger partial charge in [-0.05, 0) is 50.4 Å². The molecule has 16 heavy (non-hydrogen) atoms. The fourth-order valence-corrected chi connectivity index (χ4v) is 3.44. The predicted molar refractivity (Wildman–Crippen MR) is 58.5 cm³/mol. The molecular weight excluding hydrogens is 206 g/mol. The topological polar surface area (TPSA) is 80.4 Å². The third kappa shape index (κ3) is 1.70. The maximum atomic E-state index is 11.3. The Hall–Kier alpha value is -1.06. The number of carbonyl (C=O) groups excluding carboxylic acids is 1. The molecule has 2 aliphatic carbocycles. The minimum absolute atomic E-state index is 0.382. The van der Waals surface area contributed by atoms with E-state index in [1.165, 1.54) is 26.2 Å². The average Bonchev–Trinajstić information content (AvgIpc) is 2.78. The van der Waals surface area contributed by atoms with E-state index in [0.717, 1.165) is 12.3 Å². The van der Waals surface area contributed by atoms with Crippen molar-refractivity contribution in [3.05, 3.63) is 0 Å². The molecule has 0 aromatic carbocycles. The molecule has 1 amide bonds. The number of nitrogens with two attached hydrogens (primary N) is 1. The summed E-state index contributed by atoms with van der Waals surface area (Å²) in [6.07, 6.45) is 5.20. The van der Waals surface area contributed by atoms with Gasteiger partial charge in [-0.3, -0.25) is 9.59 Å². The van der Waals surface area contributed by atoms with Crippen LogP contribution in [0.1, 0.15) is 39.0 Å². The van der Waals surface area contributed by atoms with E-state index in [4.69, 9.17) is 10.8 Å². The minimum atomic E-state index is -1.38. The van der Waals surface area contributed by atoms with Crippen LogP contribution in [0.5, 0.6) is 0 Å². The molecular formula is C12H19NO3. The molecule has 0 spiro atoms. The monoisotopic (exact) mass is 225 g/mol. The number of hydrogen-bond donors (Lipinski definition) is 2. The molecule has 3 N–H and O–H groups in total. The highest BCUT2D eigenvalue weighted by Gasteiger charge is 2.47. The van der Waals surface area contributed by atoms with Crippen molar-refractivity contribution in [2.45, 2.75) is 39.0 Å². The first-order chi connectivity index (χ1) is 7.43. The number of carbonyl (C=O) groups is 2. The van der Waals surface area contributed by atoms with E-state index in [-0.39, 0.29) is 0 Å². The Labute approximate surface area is 95.2 Å². The molecule has 0 saturated heterocycles. The van der Waals surface area contributed by atoms with Crippen LogP contribution in [0.25, 0.3) is 0 Å². The van der Waals surface area contributed by atoms with Crippen molar-refractivity contribution in [1.82, 2.24) is 0 Å². The van der Waals surface area contributed by atoms with Crippen molar-refractivity contribution in [2.75, 3.05) is 0 Å². The van der Waals surface area contributed by atoms with E-state index < -0.39 is 17.3 Å². The molecule has 2 saturated carbocycles. The molecule has 4 atom stereocenters. The normalized spacial score (nSPS) is 35.9. The van der Waals surface area contributed by atoms with Gasteiger partial charge in [-0.2, -0.15) is 0 Å². The van der Waals surface area contributed by atoms with Gasteiger partial charge in [0.25, 0.3) is 0 Å². The maximum absolute atomic E-state index is 11.3. The lowest BCUT2D eigenvalue weighted by molar-refractivity contribution is -0.155. The highest BCUT2D eigenvalue weighted by atomic mass is 16.4. The Balaban J connectivity index is 2.07. The van der Waals surface area contributed by atoms with E-state index in [9.17, 15) is 9.59 Å². The number of hydrogen-bond acceptors (Lipinski definition) is 2. The Morgan fingerprint density at radius 3 is 2.44 bits per heavy atom. The van der Waals surface area contributed by atoms with Crippen LogP contribution in [-0.2, 0) is 9.59 Å². The van der Waals surface area contributed by atoms with E-state index >= 15 is 0 Å². The van der Waals surface area contributed by atoms with Crippen LogP contribution in [0.3, 0.4) is 0 Å². The molecule has 0 aromatic rings. The summed E-state index contributed by atoms with van der Waals surface area (Å²) >= 11 is 0. The fraction of sp³-hybridized carbons (Fsp3) is 0.833. The molecule has 2 aliphatic rings. The minimum Gasteiger partial charge on any atom is -0.480 e. The van der Waals surface area contributed by atoms with Crippen molar-refractivity contribution < 1.29 is 14.7 Å². The zero-order valence-electron chi connectivity index (χ0n) is 9.61. The van der Waals surface area contributed by atoms with E-state index in [1.807, 2.05) is 0 Å². The van der Waals surface area contributed by atoms with Gasteiger partial charge >= 0.3 is 5.97 Å². The molecule has 90 valence electrons. The summed E-state index contributed by atoms with van der Waals surface area (Å²) in [6.45, 7) is 1.46. The van der Waals surface area contributed by atoms with Crippen molar-refractivity contribution in [3.8, 4) is 0 Å². The predicted octanol–water partition coefficient (Wildman–Crippen LogP) is 1.39. The van der Waals surface area contributed by atoms with Gasteiger partial charge in [0.1, 0.15) is 5.41 Å². The number of aliphatic carboxylic acids is 1. The van der Waals surface area contributed by atoms with Gasteiger partial charge in [0, 0.05) is 0 Å². The second-order valence-electron chi connectivity index (χ2n) is 5.64. The van der Waals surface area contributed by atoms with E-state index in [2.05, 4.69) is 0 Å². The first kappa shape index (κ1) is 11.4. The van der Waals surface area contributed by atoms with E-state index in [1.54, 1.807) is 0 Å². The zero-order chi connectivity index (χ0) is 11.9. The number of carboxylic acid groups (broad SMARTS) is 1. The SMILES string of the molecule is CC(CC1CC2CCC1C2)(C(N)=O)C(=O)O. The summed E-state index contributed by atoms with van der Waals surface area (Å²) in [5.41, 5.74) is 3.85. The van der Waals surface area contributed by atoms with Crippen LogP contribution in [0.2, 0.25) is 0 Å². The summed E-state index contributed by atoms with van der Waals surface area (Å²) < 4.78 is 0. The summed E-state index contributed by atoms with van der Waals surface area (Å²) in [6, 6.07) is 0. The molecule has 2 fully saturated rings. The summed E-state index contributed by atoms with van der Waals surface area (Å²) in [7, 11) is 0. The van der Waals surface area contributed by atoms with Crippen LogP contribution >= 0.6 is 0 Å². The van der Waals surface area contributed by atoms with Gasteiger partial charge in [-0.1, -0.05) is 6.42 Å². The van der Waals surface area contributed by atoms with Crippen LogP contribution in [0.4, 0.5) is 0 Å². The summed E-state index contributed by atoms with van der Waals surface area (Å²) in [4.78, 5) is 22.5. The van der Waals surface area contributed by atoms with E-state index in [0.29, 0.717) is 18.3 Å². The average molecular weight is 225 g/mol. The molecule has 0 aromatic heterocycles. The number of rotatable bonds is 4. The number of carboxylic acids is 1. The molecule has 2 bridgehead atoms. The third-order valence-corrected chi connectivity index (χ3v) is 4.57. The Morgan fingerprint density at radius 2 is 2.06 bits per heavy atom. The molecule has 0 heterocycles. The van der Waals surface area contributed by atoms with Crippen LogP contribution < -0.4 is 5.73 Å². The molecule has 2 rings (SSSR count). The van der Waals surface area contributed by atoms with Gasteiger partial charge in [0.2, 0.25) is 5.91 Å². The Kier molecular flexibility index (Phi) is 2.68. The van der Waals surface area contributed by atoms with Crippen molar-refractivity contribution in [3.63, 3.8) is 0 Å². The smallest absolute Gasteiger partial charge is 0.318 e.